The molecule has 15 amide bonds. The summed E-state index contributed by atoms with van der Waals surface area (Å²) in [5.74, 6) is -23.4. The van der Waals surface area contributed by atoms with Crippen LogP contribution in [0, 0.1) is 5.92 Å². The first kappa shape index (κ1) is 97.0. The molecule has 0 spiro atoms. The topological polar surface area (TPSA) is 800 Å². The van der Waals surface area contributed by atoms with Crippen molar-refractivity contribution in [2.24, 2.45) is 45.3 Å². The Labute approximate surface area is 640 Å². The molecule has 0 aromatic carbocycles. The summed E-state index contributed by atoms with van der Waals surface area (Å²) in [5.41, 5.74) is 33.6. The normalized spacial score (nSPS) is 19.1. The molecule has 48 nitrogen and oxygen atoms in total. The largest absolute Gasteiger partial charge is 0.481 e. The second-order valence-electron chi connectivity index (χ2n) is 26.5. The number of nitrogens with zero attached hydrogens (tertiary/aromatic N) is 2. The van der Waals surface area contributed by atoms with Crippen molar-refractivity contribution in [1.29, 1.82) is 0 Å². The predicted octanol–water partition coefficient (Wildman–Crippen LogP) is -12.5. The quantitative estimate of drug-likeness (QED) is 0.0153. The molecular formula is C64H106N20O28. The van der Waals surface area contributed by atoms with Gasteiger partial charge in [-0.1, -0.05) is 13.8 Å². The average molecular weight is 1600 g/mol. The van der Waals surface area contributed by atoms with Crippen molar-refractivity contribution in [3.63, 3.8) is 0 Å². The van der Waals surface area contributed by atoms with E-state index in [2.05, 4.69) is 63.5 Å². The van der Waals surface area contributed by atoms with Gasteiger partial charge < -0.3 is 148 Å². The average Bonchev–Trinajstić information content (AvgIpc) is 0.994. The van der Waals surface area contributed by atoms with Crippen molar-refractivity contribution >= 4 is 118 Å². The van der Waals surface area contributed by atoms with Crippen LogP contribution in [-0.4, -0.2) is 302 Å². The summed E-state index contributed by atoms with van der Waals surface area (Å²) in [6.07, 6.45) is -15.5. The van der Waals surface area contributed by atoms with Gasteiger partial charge in [0, 0.05) is 45.7 Å². The molecule has 0 bridgehead atoms. The van der Waals surface area contributed by atoms with Crippen molar-refractivity contribution in [3.05, 3.63) is 0 Å². The van der Waals surface area contributed by atoms with Crippen LogP contribution in [-0.2, 0) is 101 Å². The van der Waals surface area contributed by atoms with Gasteiger partial charge in [-0.2, -0.15) is 0 Å². The molecular weight excluding hydrogens is 1500 g/mol. The SMILES string of the molecule is CC(=O)N[C@H]1[C@@H](O[C@H](C)[C@H](NC(=O)CNC(=O)[C@H](CCC(=O)O)NC(=O)CNC(=O)[C@H](CCC(=O)O)NC(=O)[C@@H](N)C(C)C)C(=O)N[C@@H](CCCN=C(N)N)C(=O)N[C@@H](CCCCN)C(=O)N2CCC[C@H]2C(=O)N[C@@H](CCC(N)=O)C(=O)N[C@@H](CC(N)=O)C(=O)N[C@@H](CCC(=O)O)C(=O)NCC(=O)O)O[C@H](CO)[C@H](O)[C@@H]1O. The molecule has 0 unspecified atom stereocenters. The number of amides is 15. The fourth-order valence-electron chi connectivity index (χ4n) is 11.1. The number of carboxylic acids is 4. The molecule has 16 atom stereocenters. The van der Waals surface area contributed by atoms with E-state index in [1.165, 1.54) is 0 Å². The number of carbonyl (C=O) groups is 19. The highest BCUT2D eigenvalue weighted by Crippen LogP contribution is 2.25. The summed E-state index contributed by atoms with van der Waals surface area (Å²) in [7, 11) is 0. The molecule has 0 aromatic rings. The van der Waals surface area contributed by atoms with Crippen molar-refractivity contribution in [2.45, 2.75) is 228 Å². The number of primary amides is 2. The van der Waals surface area contributed by atoms with Crippen LogP contribution in [0.15, 0.2) is 4.99 Å². The van der Waals surface area contributed by atoms with Gasteiger partial charge in [0.15, 0.2) is 12.2 Å². The lowest BCUT2D eigenvalue weighted by Gasteiger charge is -2.43. The van der Waals surface area contributed by atoms with E-state index in [1.807, 2.05) is 5.32 Å². The van der Waals surface area contributed by atoms with E-state index < -0.39 is 312 Å². The predicted molar refractivity (Wildman–Crippen MR) is 381 cm³/mol. The number of nitrogens with two attached hydrogens (primary N) is 6. The van der Waals surface area contributed by atoms with Gasteiger partial charge in [0.05, 0.1) is 38.3 Å². The number of ether oxygens (including phenoxy) is 2. The molecule has 0 aromatic heterocycles. The highest BCUT2D eigenvalue weighted by molar-refractivity contribution is 6.00. The van der Waals surface area contributed by atoms with E-state index in [9.17, 15) is 122 Å². The minimum Gasteiger partial charge on any atom is -0.481 e. The van der Waals surface area contributed by atoms with Gasteiger partial charge >= 0.3 is 23.9 Å². The van der Waals surface area contributed by atoms with Crippen LogP contribution >= 0.6 is 0 Å². The summed E-state index contributed by atoms with van der Waals surface area (Å²) in [5, 5.41) is 96.3. The van der Waals surface area contributed by atoms with Crippen LogP contribution in [0.3, 0.4) is 0 Å². The number of guanidine groups is 1. The van der Waals surface area contributed by atoms with Crippen LogP contribution in [0.5, 0.6) is 0 Å². The van der Waals surface area contributed by atoms with Crippen LogP contribution in [0.4, 0.5) is 0 Å². The van der Waals surface area contributed by atoms with Crippen molar-refractivity contribution in [2.75, 3.05) is 45.9 Å². The van der Waals surface area contributed by atoms with Crippen LogP contribution < -0.4 is 98.2 Å². The maximum absolute atomic E-state index is 15.0. The van der Waals surface area contributed by atoms with Gasteiger partial charge in [-0.15, -0.1) is 0 Å². The summed E-state index contributed by atoms with van der Waals surface area (Å²) in [6, 6.07) is -18.6. The third-order valence-electron chi connectivity index (χ3n) is 17.1. The van der Waals surface area contributed by atoms with Crippen LogP contribution in [0.1, 0.15) is 130 Å². The molecule has 0 saturated carbocycles. The van der Waals surface area contributed by atoms with Gasteiger partial charge in [-0.3, -0.25) is 96.1 Å². The molecule has 48 heteroatoms. The number of unbranched alkanes of at least 4 members (excludes halogenated alkanes) is 1. The van der Waals surface area contributed by atoms with Gasteiger partial charge in [0.25, 0.3) is 0 Å². The molecule has 2 rings (SSSR count). The summed E-state index contributed by atoms with van der Waals surface area (Å²) in [6.45, 7) is 1.02. The Morgan fingerprint density at radius 3 is 1.48 bits per heavy atom. The smallest absolute Gasteiger partial charge is 0.322 e. The molecule has 31 N–H and O–H groups in total. The first-order chi connectivity index (χ1) is 52.5. The van der Waals surface area contributed by atoms with Crippen LogP contribution in [0.25, 0.3) is 0 Å². The zero-order chi connectivity index (χ0) is 84.8. The Morgan fingerprint density at radius 1 is 0.527 bits per heavy atom. The number of likely N-dealkylation sites (tertiary alicyclic amines) is 1. The molecule has 2 aliphatic heterocycles. The molecule has 2 aliphatic rings. The number of carboxylic acid groups (broad SMARTS) is 4. The van der Waals surface area contributed by atoms with E-state index >= 15 is 0 Å². The fourth-order valence-corrected chi connectivity index (χ4v) is 11.1. The maximum Gasteiger partial charge on any atom is 0.322 e. The molecule has 0 aliphatic carbocycles. The Balaban J connectivity index is 2.67. The second kappa shape index (κ2) is 49.2. The summed E-state index contributed by atoms with van der Waals surface area (Å²) < 4.78 is 11.7. The molecule has 2 saturated heterocycles. The number of aliphatic hydroxyl groups is 3. The van der Waals surface area contributed by atoms with Crippen molar-refractivity contribution < 1.29 is 136 Å². The molecule has 0 radical (unpaired) electrons. The number of hydrogen-bond donors (Lipinski definition) is 25. The van der Waals surface area contributed by atoms with Gasteiger partial charge in [0.1, 0.15) is 85.3 Å². The number of hydrogen-bond acceptors (Lipinski definition) is 27. The first-order valence-corrected chi connectivity index (χ1v) is 35.6. The van der Waals surface area contributed by atoms with Crippen molar-refractivity contribution in [1.82, 2.24) is 68.7 Å². The minimum atomic E-state index is -2.09. The molecule has 112 heavy (non-hydrogen) atoms. The number of aliphatic imine (C=N–C) groups is 1. The number of aliphatic carboxylic acids is 4. The zero-order valence-electron chi connectivity index (χ0n) is 62.1. The molecule has 2 heterocycles. The summed E-state index contributed by atoms with van der Waals surface area (Å²) in [4.78, 5) is 254. The van der Waals surface area contributed by atoms with Gasteiger partial charge in [-0.05, 0) is 90.0 Å². The van der Waals surface area contributed by atoms with Gasteiger partial charge in [0.2, 0.25) is 88.6 Å². The maximum atomic E-state index is 15.0. The zero-order valence-corrected chi connectivity index (χ0v) is 62.1. The Morgan fingerprint density at radius 2 is 0.991 bits per heavy atom. The number of rotatable bonds is 52. The highest BCUT2D eigenvalue weighted by Gasteiger charge is 2.48. The number of aliphatic hydroxyl groups excluding tert-OH is 3. The highest BCUT2D eigenvalue weighted by atomic mass is 16.7. The molecule has 2 fully saturated rings. The van der Waals surface area contributed by atoms with Crippen molar-refractivity contribution in [3.8, 4) is 0 Å². The lowest BCUT2D eigenvalue weighted by atomic mass is 9.96. The Hall–Kier alpha value is -11.1. The standard InChI is InChI=1S/C64H106N20O28/c1-28(2)48(68)60(108)79-34(15-19-46(95)96)54(102)72-24-42(89)76-32(13-17-44(91)92)53(101)73-25-43(90)83-49(29(3)111-63-50(75-30(4)86)52(100)51(99)39(27-85)112-63)61(109)80-31(10-7-21-71-64(69)70)56(104)81-36(9-5-6-20-65)62(110)84-22-8-11-38(84)59(107)78-35(12-16-40(66)87)57(105)82-37(23-41(67)88)58(106)77-33(14-18-45(93)94)55(103)74-26-47(97)98/h28-29,31-39,48-52,63,85,99-100H,5-27,65,68H2,1-4H3,(H2,66,87)(H2,67,88)(H,72,102)(H,73,101)(H,74,103)(H,75,86)(H,76,89)(H,77,106)(H,78,107)(H,79,108)(H,80,109)(H,81,104)(H,82,105)(H,83,90)(H,91,92)(H,93,94)(H,95,96)(H,97,98)(H4,69,70,71)/t29-,31+,32+,33+,34+,35+,36+,37+,38+,39-,48+,49+,50-,51+,52-,63+/m1/s1. The van der Waals surface area contributed by atoms with E-state index in [-0.39, 0.29) is 58.2 Å². The third-order valence-corrected chi connectivity index (χ3v) is 17.1. The summed E-state index contributed by atoms with van der Waals surface area (Å²) >= 11 is 0. The monoisotopic (exact) mass is 1600 g/mol. The Bertz CT molecular complexity index is 3360. The lowest BCUT2D eigenvalue weighted by Crippen LogP contribution is -2.66. The third kappa shape index (κ3) is 35.3. The van der Waals surface area contributed by atoms with Crippen LogP contribution in [0.2, 0.25) is 0 Å². The van der Waals surface area contributed by atoms with E-state index in [1.54, 1.807) is 13.8 Å². The van der Waals surface area contributed by atoms with Gasteiger partial charge in [-0.25, -0.2) is 0 Å². The van der Waals surface area contributed by atoms with E-state index in [0.29, 0.717) is 0 Å². The molecule has 630 valence electrons. The second-order valence-corrected chi connectivity index (χ2v) is 26.5. The fraction of sp³-hybridized carbons (Fsp3) is 0.688. The number of carbonyl (C=O) groups excluding carboxylic acids is 15. The lowest BCUT2D eigenvalue weighted by molar-refractivity contribution is -0.281. The first-order valence-electron chi connectivity index (χ1n) is 35.6. The van der Waals surface area contributed by atoms with E-state index in [0.717, 1.165) is 18.7 Å². The van der Waals surface area contributed by atoms with E-state index in [4.69, 9.17) is 49.0 Å². The number of nitrogens with one attached hydrogen (secondary N) is 12. The Kier molecular flexibility index (Phi) is 42.6. The minimum absolute atomic E-state index is 0.0639.